The fourth-order valence-corrected chi connectivity index (χ4v) is 1.46. The number of benzene rings is 1. The lowest BCUT2D eigenvalue weighted by atomic mass is 9.94. The van der Waals surface area contributed by atoms with Crippen LogP contribution in [0.2, 0.25) is 0 Å². The molecule has 0 fully saturated rings. The highest BCUT2D eigenvalue weighted by Crippen LogP contribution is 2.14. The third kappa shape index (κ3) is 4.51. The summed E-state index contributed by atoms with van der Waals surface area (Å²) in [6.45, 7) is 3.91. The van der Waals surface area contributed by atoms with Crippen LogP contribution in [-0.4, -0.2) is 5.54 Å². The summed E-state index contributed by atoms with van der Waals surface area (Å²) in [5.41, 5.74) is 25.5. The van der Waals surface area contributed by atoms with Crippen LogP contribution in [0.5, 0.6) is 0 Å². The molecule has 0 saturated heterocycles. The van der Waals surface area contributed by atoms with Gasteiger partial charge in [-0.25, -0.2) is 0 Å². The maximum Gasteiger partial charge on any atom is 0.0350 e. The molecule has 1 aliphatic carbocycles. The van der Waals surface area contributed by atoms with E-state index in [2.05, 4.69) is 0 Å². The molecule has 0 aromatic heterocycles. The van der Waals surface area contributed by atoms with E-state index in [4.69, 9.17) is 22.9 Å². The zero-order valence-electron chi connectivity index (χ0n) is 11.0. The molecule has 8 N–H and O–H groups in total. The van der Waals surface area contributed by atoms with Gasteiger partial charge in [0, 0.05) is 22.6 Å². The Morgan fingerprint density at radius 1 is 1.17 bits per heavy atom. The number of allylic oxidation sites excluding steroid dienone is 1. The topological polar surface area (TPSA) is 104 Å². The van der Waals surface area contributed by atoms with Crippen LogP contribution >= 0.6 is 0 Å². The lowest BCUT2D eigenvalue weighted by Crippen LogP contribution is -2.34. The van der Waals surface area contributed by atoms with Crippen molar-refractivity contribution in [2.24, 2.45) is 11.5 Å². The zero-order valence-corrected chi connectivity index (χ0v) is 11.0. The van der Waals surface area contributed by atoms with Gasteiger partial charge in [0.05, 0.1) is 0 Å². The molecule has 0 aliphatic heterocycles. The van der Waals surface area contributed by atoms with Crippen molar-refractivity contribution in [3.63, 3.8) is 0 Å². The molecule has 0 saturated carbocycles. The van der Waals surface area contributed by atoms with Crippen LogP contribution in [0.4, 0.5) is 11.4 Å². The van der Waals surface area contributed by atoms with Crippen molar-refractivity contribution < 1.29 is 0 Å². The van der Waals surface area contributed by atoms with E-state index in [1.165, 1.54) is 0 Å². The molecular formula is C14H22N4. The highest BCUT2D eigenvalue weighted by molar-refractivity contribution is 5.54. The Morgan fingerprint density at radius 3 is 2.22 bits per heavy atom. The second-order valence-electron chi connectivity index (χ2n) is 4.86. The normalized spacial score (nSPS) is 21.8. The number of rotatable bonds is 0. The first-order valence-electron chi connectivity index (χ1n) is 5.85. The maximum atomic E-state index is 5.75. The first-order chi connectivity index (χ1) is 8.30. The Bertz CT molecular complexity index is 473. The third-order valence-electron chi connectivity index (χ3n) is 2.73. The lowest BCUT2D eigenvalue weighted by molar-refractivity contribution is 0.586. The number of hydrogen-bond acceptors (Lipinski definition) is 4. The minimum absolute atomic E-state index is 0.178. The molecule has 1 aromatic carbocycles. The molecule has 1 aliphatic rings. The van der Waals surface area contributed by atoms with Gasteiger partial charge in [-0.1, -0.05) is 12.2 Å². The molecule has 0 amide bonds. The first kappa shape index (κ1) is 14.1. The summed E-state index contributed by atoms with van der Waals surface area (Å²) in [6, 6.07) is 5.46. The van der Waals surface area contributed by atoms with Crippen molar-refractivity contribution in [3.8, 4) is 0 Å². The van der Waals surface area contributed by atoms with E-state index in [9.17, 15) is 0 Å². The van der Waals surface area contributed by atoms with Gasteiger partial charge in [-0.2, -0.15) is 0 Å². The zero-order chi connectivity index (χ0) is 13.8. The van der Waals surface area contributed by atoms with Gasteiger partial charge in [-0.3, -0.25) is 0 Å². The summed E-state index contributed by atoms with van der Waals surface area (Å²) in [7, 11) is 0. The van der Waals surface area contributed by atoms with E-state index in [0.717, 1.165) is 29.1 Å². The minimum Gasteiger partial charge on any atom is -0.399 e. The van der Waals surface area contributed by atoms with E-state index in [1.807, 2.05) is 44.2 Å². The highest BCUT2D eigenvalue weighted by Gasteiger charge is 2.14. The van der Waals surface area contributed by atoms with Crippen molar-refractivity contribution in [1.82, 2.24) is 0 Å². The van der Waals surface area contributed by atoms with E-state index >= 15 is 0 Å². The predicted octanol–water partition coefficient (Wildman–Crippen LogP) is 1.67. The molecule has 0 heterocycles. The van der Waals surface area contributed by atoms with Gasteiger partial charge in [0.25, 0.3) is 0 Å². The van der Waals surface area contributed by atoms with Crippen LogP contribution in [0.15, 0.2) is 42.1 Å². The SMILES string of the molecule is CC1(N)C=CC(N)=CC1.Cc1cc(N)ccc1N. The average molecular weight is 246 g/mol. The standard InChI is InChI=1S/C7H12N2.C7H10N2/c1-7(9)4-2-6(8)3-5-7;1-5-4-6(8)2-3-7(5)9/h2-4H,5,8-9H2,1H3;2-4H,8-9H2,1H3. The Kier molecular flexibility index (Phi) is 4.39. The van der Waals surface area contributed by atoms with Crippen LogP contribution in [0, 0.1) is 6.92 Å². The molecule has 4 nitrogen and oxygen atoms in total. The van der Waals surface area contributed by atoms with Crippen LogP contribution in [0.1, 0.15) is 18.9 Å². The molecule has 98 valence electrons. The quantitative estimate of drug-likeness (QED) is 0.523. The molecule has 0 spiro atoms. The van der Waals surface area contributed by atoms with Crippen molar-refractivity contribution in [1.29, 1.82) is 0 Å². The number of nitrogen functional groups attached to an aromatic ring is 2. The fourth-order valence-electron chi connectivity index (χ4n) is 1.46. The summed E-state index contributed by atoms with van der Waals surface area (Å²) in [6.07, 6.45) is 6.57. The molecule has 0 bridgehead atoms. The molecule has 4 heteroatoms. The van der Waals surface area contributed by atoms with Crippen LogP contribution < -0.4 is 22.9 Å². The molecule has 0 radical (unpaired) electrons. The summed E-state index contributed by atoms with van der Waals surface area (Å²) >= 11 is 0. The summed E-state index contributed by atoms with van der Waals surface area (Å²) in [4.78, 5) is 0. The van der Waals surface area contributed by atoms with Gasteiger partial charge in [-0.05, 0) is 50.1 Å². The van der Waals surface area contributed by atoms with Crippen LogP contribution in [-0.2, 0) is 0 Å². The fraction of sp³-hybridized carbons (Fsp3) is 0.286. The Labute approximate surface area is 108 Å². The lowest BCUT2D eigenvalue weighted by Gasteiger charge is -2.21. The maximum absolute atomic E-state index is 5.75. The molecule has 1 unspecified atom stereocenters. The second-order valence-corrected chi connectivity index (χ2v) is 4.86. The van der Waals surface area contributed by atoms with E-state index in [1.54, 1.807) is 6.07 Å². The summed E-state index contributed by atoms with van der Waals surface area (Å²) in [5.74, 6) is 0. The molecule has 1 atom stereocenters. The number of aryl methyl sites for hydroxylation is 1. The molecule has 2 rings (SSSR count). The van der Waals surface area contributed by atoms with E-state index < -0.39 is 0 Å². The second kappa shape index (κ2) is 5.60. The number of hydrogen-bond donors (Lipinski definition) is 4. The summed E-state index contributed by atoms with van der Waals surface area (Å²) in [5, 5.41) is 0. The average Bonchev–Trinajstić information content (AvgIpc) is 2.29. The van der Waals surface area contributed by atoms with Crippen molar-refractivity contribution in [2.75, 3.05) is 11.5 Å². The first-order valence-corrected chi connectivity index (χ1v) is 5.85. The van der Waals surface area contributed by atoms with Crippen LogP contribution in [0.25, 0.3) is 0 Å². The molecule has 1 aromatic rings. The molecule has 18 heavy (non-hydrogen) atoms. The number of nitrogens with two attached hydrogens (primary N) is 4. The minimum atomic E-state index is -0.178. The predicted molar refractivity (Wildman–Crippen MR) is 78.6 cm³/mol. The largest absolute Gasteiger partial charge is 0.399 e. The van der Waals surface area contributed by atoms with Crippen molar-refractivity contribution >= 4 is 11.4 Å². The smallest absolute Gasteiger partial charge is 0.0350 e. The Balaban J connectivity index is 0.000000180. The summed E-state index contributed by atoms with van der Waals surface area (Å²) < 4.78 is 0. The highest BCUT2D eigenvalue weighted by atomic mass is 14.7. The van der Waals surface area contributed by atoms with Gasteiger partial charge in [0.1, 0.15) is 0 Å². The van der Waals surface area contributed by atoms with Crippen molar-refractivity contribution in [3.05, 3.63) is 47.7 Å². The van der Waals surface area contributed by atoms with Gasteiger partial charge in [-0.15, -0.1) is 0 Å². The molecular weight excluding hydrogens is 224 g/mol. The Morgan fingerprint density at radius 2 is 1.83 bits per heavy atom. The van der Waals surface area contributed by atoms with Gasteiger partial charge >= 0.3 is 0 Å². The third-order valence-corrected chi connectivity index (χ3v) is 2.73. The number of anilines is 2. The van der Waals surface area contributed by atoms with Gasteiger partial charge < -0.3 is 22.9 Å². The van der Waals surface area contributed by atoms with E-state index in [0.29, 0.717) is 0 Å². The Hall–Kier alpha value is -1.94. The van der Waals surface area contributed by atoms with Gasteiger partial charge in [0.2, 0.25) is 0 Å². The van der Waals surface area contributed by atoms with Crippen LogP contribution in [0.3, 0.4) is 0 Å². The van der Waals surface area contributed by atoms with E-state index in [-0.39, 0.29) is 5.54 Å². The monoisotopic (exact) mass is 246 g/mol. The van der Waals surface area contributed by atoms with Gasteiger partial charge in [0.15, 0.2) is 0 Å². The van der Waals surface area contributed by atoms with Crippen molar-refractivity contribution in [2.45, 2.75) is 25.8 Å².